The van der Waals surface area contributed by atoms with E-state index in [2.05, 4.69) is 22.5 Å². The SMILES string of the molecule is CCNC(=NCCCC1CC1)NC1CCN(CC(=O)N(C)C)CC1. The van der Waals surface area contributed by atoms with Crippen molar-refractivity contribution in [1.29, 1.82) is 0 Å². The topological polar surface area (TPSA) is 60.0 Å². The molecule has 1 aliphatic heterocycles. The minimum Gasteiger partial charge on any atom is -0.357 e. The summed E-state index contributed by atoms with van der Waals surface area (Å²) < 4.78 is 0. The maximum absolute atomic E-state index is 11.8. The summed E-state index contributed by atoms with van der Waals surface area (Å²) in [5.41, 5.74) is 0. The molecule has 0 bridgehead atoms. The van der Waals surface area contributed by atoms with Gasteiger partial charge in [0.2, 0.25) is 5.91 Å². The third kappa shape index (κ3) is 7.07. The Hall–Kier alpha value is -1.30. The number of likely N-dealkylation sites (tertiary alicyclic amines) is 1. The van der Waals surface area contributed by atoms with E-state index in [4.69, 9.17) is 4.99 Å². The lowest BCUT2D eigenvalue weighted by atomic mass is 10.1. The highest BCUT2D eigenvalue weighted by Crippen LogP contribution is 2.33. The second-order valence-electron chi connectivity index (χ2n) is 7.33. The number of nitrogens with zero attached hydrogens (tertiary/aromatic N) is 3. The molecule has 0 aromatic carbocycles. The second kappa shape index (κ2) is 9.87. The van der Waals surface area contributed by atoms with Gasteiger partial charge in [0.1, 0.15) is 0 Å². The zero-order chi connectivity index (χ0) is 17.4. The highest BCUT2D eigenvalue weighted by Gasteiger charge is 2.22. The third-order valence-electron chi connectivity index (χ3n) is 4.87. The lowest BCUT2D eigenvalue weighted by Crippen LogP contribution is -2.50. The van der Waals surface area contributed by atoms with E-state index in [1.165, 1.54) is 25.7 Å². The summed E-state index contributed by atoms with van der Waals surface area (Å²) in [5, 5.41) is 6.93. The van der Waals surface area contributed by atoms with E-state index < -0.39 is 0 Å². The monoisotopic (exact) mass is 337 g/mol. The van der Waals surface area contributed by atoms with Crippen molar-refractivity contribution in [2.45, 2.75) is 51.5 Å². The molecule has 2 rings (SSSR count). The number of hydrogen-bond acceptors (Lipinski definition) is 3. The number of carbonyl (C=O) groups is 1. The van der Waals surface area contributed by atoms with Crippen LogP contribution in [0.3, 0.4) is 0 Å². The van der Waals surface area contributed by atoms with Crippen LogP contribution in [0, 0.1) is 5.92 Å². The maximum Gasteiger partial charge on any atom is 0.236 e. The first kappa shape index (κ1) is 19.0. The van der Waals surface area contributed by atoms with Gasteiger partial charge in [-0.1, -0.05) is 12.8 Å². The Labute approximate surface area is 147 Å². The van der Waals surface area contributed by atoms with Crippen molar-refractivity contribution >= 4 is 11.9 Å². The quantitative estimate of drug-likeness (QED) is 0.398. The van der Waals surface area contributed by atoms with Crippen molar-refractivity contribution < 1.29 is 4.79 Å². The highest BCUT2D eigenvalue weighted by molar-refractivity contribution is 5.80. The van der Waals surface area contributed by atoms with Crippen LogP contribution in [0.15, 0.2) is 4.99 Å². The molecule has 0 aromatic heterocycles. The first-order valence-electron chi connectivity index (χ1n) is 9.55. The van der Waals surface area contributed by atoms with Crippen molar-refractivity contribution in [2.75, 3.05) is 46.8 Å². The van der Waals surface area contributed by atoms with Gasteiger partial charge < -0.3 is 15.5 Å². The van der Waals surface area contributed by atoms with Gasteiger partial charge in [0, 0.05) is 46.3 Å². The molecular formula is C18H35N5O. The van der Waals surface area contributed by atoms with Crippen LogP contribution in [-0.4, -0.2) is 74.5 Å². The fraction of sp³-hybridized carbons (Fsp3) is 0.889. The Morgan fingerprint density at radius 3 is 2.50 bits per heavy atom. The smallest absolute Gasteiger partial charge is 0.236 e. The van der Waals surface area contributed by atoms with E-state index in [-0.39, 0.29) is 5.91 Å². The van der Waals surface area contributed by atoms with Gasteiger partial charge in [-0.15, -0.1) is 0 Å². The summed E-state index contributed by atoms with van der Waals surface area (Å²) in [7, 11) is 3.64. The molecule has 1 saturated carbocycles. The van der Waals surface area contributed by atoms with Gasteiger partial charge >= 0.3 is 0 Å². The fourth-order valence-corrected chi connectivity index (χ4v) is 3.06. The largest absolute Gasteiger partial charge is 0.357 e. The molecule has 0 aromatic rings. The van der Waals surface area contributed by atoms with Crippen LogP contribution < -0.4 is 10.6 Å². The Bertz CT molecular complexity index is 412. The molecule has 0 unspecified atom stereocenters. The number of nitrogens with one attached hydrogen (secondary N) is 2. The molecule has 1 heterocycles. The zero-order valence-electron chi connectivity index (χ0n) is 15.7. The van der Waals surface area contributed by atoms with Crippen LogP contribution in [0.5, 0.6) is 0 Å². The molecule has 2 fully saturated rings. The molecule has 138 valence electrons. The van der Waals surface area contributed by atoms with E-state index in [1.54, 1.807) is 4.90 Å². The number of hydrogen-bond donors (Lipinski definition) is 2. The number of guanidine groups is 1. The summed E-state index contributed by atoms with van der Waals surface area (Å²) in [6.07, 6.45) is 7.52. The molecule has 6 nitrogen and oxygen atoms in total. The van der Waals surface area contributed by atoms with E-state index in [1.807, 2.05) is 14.1 Å². The van der Waals surface area contributed by atoms with Crippen molar-refractivity contribution in [2.24, 2.45) is 10.9 Å². The lowest BCUT2D eigenvalue weighted by molar-refractivity contribution is -0.130. The van der Waals surface area contributed by atoms with E-state index in [0.29, 0.717) is 12.6 Å². The summed E-state index contributed by atoms with van der Waals surface area (Å²) in [5.74, 6) is 2.13. The molecule has 0 radical (unpaired) electrons. The van der Waals surface area contributed by atoms with Crippen molar-refractivity contribution in [3.63, 3.8) is 0 Å². The Balaban J connectivity index is 1.68. The first-order chi connectivity index (χ1) is 11.6. The normalized spacial score (nSPS) is 20.0. The molecule has 0 atom stereocenters. The van der Waals surface area contributed by atoms with Gasteiger partial charge in [0.15, 0.2) is 5.96 Å². The van der Waals surface area contributed by atoms with Gasteiger partial charge in [0.25, 0.3) is 0 Å². The molecule has 0 spiro atoms. The summed E-state index contributed by atoms with van der Waals surface area (Å²) in [6, 6.07) is 0.456. The van der Waals surface area contributed by atoms with Crippen LogP contribution in [0.4, 0.5) is 0 Å². The van der Waals surface area contributed by atoms with Crippen molar-refractivity contribution in [1.82, 2.24) is 20.4 Å². The molecule has 2 aliphatic rings. The number of piperidine rings is 1. The van der Waals surface area contributed by atoms with Crippen molar-refractivity contribution in [3.05, 3.63) is 0 Å². The highest BCUT2D eigenvalue weighted by atomic mass is 16.2. The second-order valence-corrected chi connectivity index (χ2v) is 7.33. The summed E-state index contributed by atoms with van der Waals surface area (Å²) in [4.78, 5) is 20.4. The van der Waals surface area contributed by atoms with E-state index >= 15 is 0 Å². The zero-order valence-corrected chi connectivity index (χ0v) is 15.7. The summed E-state index contributed by atoms with van der Waals surface area (Å²) >= 11 is 0. The van der Waals surface area contributed by atoms with Crippen LogP contribution in [0.1, 0.15) is 45.4 Å². The van der Waals surface area contributed by atoms with Gasteiger partial charge in [0.05, 0.1) is 6.54 Å². The molecule has 6 heteroatoms. The van der Waals surface area contributed by atoms with Gasteiger partial charge in [-0.3, -0.25) is 14.7 Å². The predicted octanol–water partition coefficient (Wildman–Crippen LogP) is 1.28. The average Bonchev–Trinajstić information content (AvgIpc) is 3.37. The average molecular weight is 338 g/mol. The van der Waals surface area contributed by atoms with Crippen molar-refractivity contribution in [3.8, 4) is 0 Å². The third-order valence-corrected chi connectivity index (χ3v) is 4.87. The van der Waals surface area contributed by atoms with Crippen LogP contribution >= 0.6 is 0 Å². The lowest BCUT2D eigenvalue weighted by Gasteiger charge is -2.33. The standard InChI is InChI=1S/C18H35N5O/c1-4-19-18(20-11-5-6-15-7-8-15)21-16-9-12-23(13-10-16)14-17(24)22(2)3/h15-16H,4-14H2,1-3H3,(H2,19,20,21). The molecule has 1 saturated heterocycles. The van der Waals surface area contributed by atoms with Gasteiger partial charge in [-0.25, -0.2) is 0 Å². The van der Waals surface area contributed by atoms with E-state index in [0.717, 1.165) is 50.9 Å². The molecule has 2 N–H and O–H groups in total. The molecule has 1 amide bonds. The maximum atomic E-state index is 11.8. The Kier molecular flexibility index (Phi) is 7.82. The first-order valence-corrected chi connectivity index (χ1v) is 9.55. The van der Waals surface area contributed by atoms with Gasteiger partial charge in [-0.2, -0.15) is 0 Å². The fourth-order valence-electron chi connectivity index (χ4n) is 3.06. The number of rotatable bonds is 8. The summed E-state index contributed by atoms with van der Waals surface area (Å²) in [6.45, 7) is 6.40. The number of aliphatic imine (C=N–C) groups is 1. The minimum atomic E-state index is 0.187. The van der Waals surface area contributed by atoms with Crippen LogP contribution in [0.2, 0.25) is 0 Å². The number of amides is 1. The Morgan fingerprint density at radius 1 is 1.21 bits per heavy atom. The minimum absolute atomic E-state index is 0.187. The number of carbonyl (C=O) groups excluding carboxylic acids is 1. The predicted molar refractivity (Wildman–Crippen MR) is 99.2 cm³/mol. The van der Waals surface area contributed by atoms with Crippen LogP contribution in [0.25, 0.3) is 0 Å². The molecule has 1 aliphatic carbocycles. The Morgan fingerprint density at radius 2 is 1.92 bits per heavy atom. The number of likely N-dealkylation sites (N-methyl/N-ethyl adjacent to an activating group) is 1. The molecule has 24 heavy (non-hydrogen) atoms. The van der Waals surface area contributed by atoms with E-state index in [9.17, 15) is 4.79 Å². The van der Waals surface area contributed by atoms with Crippen LogP contribution in [-0.2, 0) is 4.79 Å². The molecular weight excluding hydrogens is 302 g/mol. The van der Waals surface area contributed by atoms with Gasteiger partial charge in [-0.05, 0) is 38.5 Å².